The number of aromatic nitrogens is 3. The lowest BCUT2D eigenvalue weighted by Crippen LogP contribution is -2.47. The smallest absolute Gasteiger partial charge is 0.470 e. The van der Waals surface area contributed by atoms with E-state index in [1.807, 2.05) is 33.8 Å². The molecule has 2 fully saturated rings. The van der Waals surface area contributed by atoms with Crippen molar-refractivity contribution in [2.75, 3.05) is 62.3 Å². The normalized spacial score (nSPS) is 17.0. The number of benzene rings is 1. The quantitative estimate of drug-likeness (QED) is 0.369. The van der Waals surface area contributed by atoms with Gasteiger partial charge in [0.25, 0.3) is 0 Å². The van der Waals surface area contributed by atoms with Gasteiger partial charge in [-0.15, -0.1) is 0 Å². The lowest BCUT2D eigenvalue weighted by molar-refractivity contribution is 0.0246. The number of rotatable bonds is 10. The van der Waals surface area contributed by atoms with Crippen LogP contribution in [0.4, 0.5) is 20.6 Å². The number of halogens is 1. The highest BCUT2D eigenvalue weighted by molar-refractivity contribution is 5.62. The van der Waals surface area contributed by atoms with Gasteiger partial charge in [0.1, 0.15) is 18.1 Å². The number of imidazole rings is 1. The summed E-state index contributed by atoms with van der Waals surface area (Å²) in [6.07, 6.45) is 4.30. The minimum Gasteiger partial charge on any atom is -0.470 e. The Hall–Kier alpha value is -4.74. The maximum Gasteiger partial charge on any atom is 0.508 e. The fourth-order valence-electron chi connectivity index (χ4n) is 4.83. The molecule has 11 nitrogen and oxygen atoms in total. The monoisotopic (exact) mass is 563 g/mol. The van der Waals surface area contributed by atoms with Crippen LogP contribution in [0.3, 0.4) is 0 Å². The molecule has 2 aromatic heterocycles. The molecule has 2 aliphatic heterocycles. The van der Waals surface area contributed by atoms with E-state index in [0.717, 1.165) is 11.4 Å². The molecular formula is C29H34FN7O4. The van der Waals surface area contributed by atoms with E-state index in [1.54, 1.807) is 24.1 Å². The van der Waals surface area contributed by atoms with E-state index < -0.39 is 12.3 Å². The number of piperazine rings is 1. The highest BCUT2D eigenvalue weighted by Gasteiger charge is 2.30. The molecule has 0 bridgehead atoms. The van der Waals surface area contributed by atoms with Gasteiger partial charge in [0, 0.05) is 56.2 Å². The van der Waals surface area contributed by atoms with Crippen LogP contribution >= 0.6 is 0 Å². The molecule has 0 radical (unpaired) electrons. The van der Waals surface area contributed by atoms with Crippen molar-refractivity contribution in [3.63, 3.8) is 0 Å². The summed E-state index contributed by atoms with van der Waals surface area (Å²) in [6, 6.07) is 6.95. The number of fused-ring (bicyclic) bond motifs is 1. The molecule has 41 heavy (non-hydrogen) atoms. The molecule has 0 amide bonds. The van der Waals surface area contributed by atoms with Gasteiger partial charge in [-0.2, -0.15) is 0 Å². The zero-order valence-corrected chi connectivity index (χ0v) is 23.1. The molecular weight excluding hydrogens is 529 g/mol. The standard InChI is InChI=1S/C29H34FN7O4/c1-5-39-29(38)40-19-24-17-37(22(4)41-24)23-7-8-27(25(30)15-23)35-13-11-34(12-14-35)20(2)16-32-21(3)26-18-36-10-6-9-31-28(36)33-26/h6-10,15,18,24,32H,2-5,11-14,16-17,19H2,1H3/t24-/m1/s1. The Morgan fingerprint density at radius 3 is 2.76 bits per heavy atom. The Bertz CT molecular complexity index is 1420. The molecule has 2 aliphatic rings. The molecule has 3 aromatic rings. The van der Waals surface area contributed by atoms with Crippen LogP contribution in [0.5, 0.6) is 0 Å². The fourth-order valence-corrected chi connectivity index (χ4v) is 4.83. The van der Waals surface area contributed by atoms with Gasteiger partial charge in [0.05, 0.1) is 31.1 Å². The highest BCUT2D eigenvalue weighted by atomic mass is 19.1. The molecule has 0 aliphatic carbocycles. The Morgan fingerprint density at radius 1 is 1.22 bits per heavy atom. The van der Waals surface area contributed by atoms with Gasteiger partial charge in [0.2, 0.25) is 5.78 Å². The summed E-state index contributed by atoms with van der Waals surface area (Å²) in [5.41, 5.74) is 3.51. The predicted octanol–water partition coefficient (Wildman–Crippen LogP) is 3.61. The first-order valence-electron chi connectivity index (χ1n) is 13.4. The average molecular weight is 564 g/mol. The third-order valence-electron chi connectivity index (χ3n) is 7.00. The maximum absolute atomic E-state index is 15.3. The first-order chi connectivity index (χ1) is 19.8. The summed E-state index contributed by atoms with van der Waals surface area (Å²) in [6.45, 7) is 17.8. The number of carbonyl (C=O) groups is 1. The van der Waals surface area contributed by atoms with Gasteiger partial charge in [0.15, 0.2) is 12.0 Å². The molecule has 1 atom stereocenters. The summed E-state index contributed by atoms with van der Waals surface area (Å²) in [5.74, 6) is 0.661. The Labute approximate surface area is 238 Å². The number of anilines is 2. The molecule has 5 rings (SSSR count). The molecule has 2 saturated heterocycles. The van der Waals surface area contributed by atoms with Crippen molar-refractivity contribution < 1.29 is 23.4 Å². The summed E-state index contributed by atoms with van der Waals surface area (Å²) < 4.78 is 32.6. The van der Waals surface area contributed by atoms with Gasteiger partial charge in [-0.05, 0) is 37.8 Å². The van der Waals surface area contributed by atoms with Crippen molar-refractivity contribution in [3.05, 3.63) is 85.7 Å². The van der Waals surface area contributed by atoms with Crippen LogP contribution in [-0.4, -0.2) is 84.0 Å². The van der Waals surface area contributed by atoms with Crippen molar-refractivity contribution in [1.82, 2.24) is 24.6 Å². The summed E-state index contributed by atoms with van der Waals surface area (Å²) in [4.78, 5) is 26.2. The lowest BCUT2D eigenvalue weighted by atomic mass is 10.2. The number of nitrogens with one attached hydrogen (secondary N) is 1. The average Bonchev–Trinajstić information content (AvgIpc) is 3.58. The topological polar surface area (TPSA) is 96.7 Å². The van der Waals surface area contributed by atoms with E-state index in [-0.39, 0.29) is 19.0 Å². The van der Waals surface area contributed by atoms with E-state index in [1.165, 1.54) is 6.07 Å². The van der Waals surface area contributed by atoms with Crippen LogP contribution in [0.15, 0.2) is 74.2 Å². The van der Waals surface area contributed by atoms with Gasteiger partial charge < -0.3 is 34.2 Å². The lowest BCUT2D eigenvalue weighted by Gasteiger charge is -2.38. The van der Waals surface area contributed by atoms with Crippen LogP contribution in [0.25, 0.3) is 11.5 Å². The maximum atomic E-state index is 15.3. The molecule has 1 aromatic carbocycles. The summed E-state index contributed by atoms with van der Waals surface area (Å²) in [7, 11) is 0. The molecule has 0 saturated carbocycles. The van der Waals surface area contributed by atoms with Crippen LogP contribution < -0.4 is 15.1 Å². The van der Waals surface area contributed by atoms with E-state index in [4.69, 9.17) is 14.2 Å². The van der Waals surface area contributed by atoms with E-state index in [0.29, 0.717) is 68.0 Å². The van der Waals surface area contributed by atoms with Crippen molar-refractivity contribution in [3.8, 4) is 0 Å². The second-order valence-electron chi connectivity index (χ2n) is 9.70. The first-order valence-corrected chi connectivity index (χ1v) is 13.4. The molecule has 216 valence electrons. The third kappa shape index (κ3) is 6.37. The summed E-state index contributed by atoms with van der Waals surface area (Å²) in [5, 5.41) is 3.30. The SMILES string of the molecule is C=C(NCC(=C)N1CCN(c2ccc(N3C[C@H](COC(=O)OCC)OC3=C)cc2F)CC1)c1cn2cccnc2n1. The third-order valence-corrected chi connectivity index (χ3v) is 7.00. The zero-order chi connectivity index (χ0) is 28.9. The van der Waals surface area contributed by atoms with Gasteiger partial charge >= 0.3 is 6.16 Å². The molecule has 0 unspecified atom stereocenters. The number of carbonyl (C=O) groups excluding carboxylic acids is 1. The highest BCUT2D eigenvalue weighted by Crippen LogP contribution is 2.31. The molecule has 4 heterocycles. The van der Waals surface area contributed by atoms with Crippen LogP contribution in [0.1, 0.15) is 12.6 Å². The number of nitrogens with zero attached hydrogens (tertiary/aromatic N) is 6. The summed E-state index contributed by atoms with van der Waals surface area (Å²) >= 11 is 0. The van der Waals surface area contributed by atoms with Crippen LogP contribution in [0, 0.1) is 5.82 Å². The predicted molar refractivity (Wildman–Crippen MR) is 154 cm³/mol. The van der Waals surface area contributed by atoms with Crippen molar-refractivity contribution in [2.24, 2.45) is 0 Å². The molecule has 12 heteroatoms. The van der Waals surface area contributed by atoms with Crippen molar-refractivity contribution in [2.45, 2.75) is 13.0 Å². The van der Waals surface area contributed by atoms with Crippen molar-refractivity contribution >= 4 is 29.0 Å². The first kappa shape index (κ1) is 27.8. The van der Waals surface area contributed by atoms with Gasteiger partial charge in [-0.25, -0.2) is 19.2 Å². The molecule has 1 N–H and O–H groups in total. The van der Waals surface area contributed by atoms with E-state index in [2.05, 4.69) is 39.9 Å². The van der Waals surface area contributed by atoms with E-state index in [9.17, 15) is 4.79 Å². The minimum atomic E-state index is -0.748. The Balaban J connectivity index is 1.10. The van der Waals surface area contributed by atoms with Crippen LogP contribution in [-0.2, 0) is 14.2 Å². The van der Waals surface area contributed by atoms with Gasteiger partial charge in [-0.3, -0.25) is 4.40 Å². The van der Waals surface area contributed by atoms with E-state index >= 15 is 4.39 Å². The van der Waals surface area contributed by atoms with Crippen LogP contribution in [0.2, 0.25) is 0 Å². The second-order valence-corrected chi connectivity index (χ2v) is 9.70. The fraction of sp³-hybridized carbons (Fsp3) is 0.345. The molecule has 0 spiro atoms. The largest absolute Gasteiger partial charge is 0.508 e. The zero-order valence-electron chi connectivity index (χ0n) is 23.1. The van der Waals surface area contributed by atoms with Gasteiger partial charge in [-0.1, -0.05) is 13.2 Å². The number of hydrogen-bond acceptors (Lipinski definition) is 10. The minimum absolute atomic E-state index is 0.0200. The second kappa shape index (κ2) is 12.2. The van der Waals surface area contributed by atoms with Crippen molar-refractivity contribution in [1.29, 1.82) is 0 Å². The Kier molecular flexibility index (Phi) is 8.27. The number of ether oxygens (including phenoxy) is 3. The number of hydrogen-bond donors (Lipinski definition) is 1. The Morgan fingerprint density at radius 2 is 2.02 bits per heavy atom.